The fraction of sp³-hybridized carbons (Fsp3) is 0.200. The number of benzene rings is 2. The van der Waals surface area contributed by atoms with Gasteiger partial charge >= 0.3 is 0 Å². The van der Waals surface area contributed by atoms with Gasteiger partial charge in [-0.15, -0.1) is 12.6 Å². The van der Waals surface area contributed by atoms with E-state index in [9.17, 15) is 9.59 Å². The van der Waals surface area contributed by atoms with Gasteiger partial charge in [0.2, 0.25) is 0 Å². The van der Waals surface area contributed by atoms with Gasteiger partial charge in [-0.2, -0.15) is 0 Å². The average Bonchev–Trinajstić information content (AvgIpc) is 2.65. The molecule has 6 nitrogen and oxygen atoms in total. The number of carbonyl (C=O) groups is 2. The molecule has 0 aliphatic carbocycles. The zero-order valence-electron chi connectivity index (χ0n) is 15.1. The molecule has 2 N–H and O–H groups in total. The van der Waals surface area contributed by atoms with Crippen molar-refractivity contribution in [2.45, 2.75) is 18.7 Å². The summed E-state index contributed by atoms with van der Waals surface area (Å²) in [6.45, 7) is 4.43. The quantitative estimate of drug-likeness (QED) is 0.469. The molecule has 27 heavy (non-hydrogen) atoms. The van der Waals surface area contributed by atoms with Crippen LogP contribution in [0, 0.1) is 13.8 Å². The molecule has 3 aromatic rings. The normalized spacial score (nSPS) is 10.6. The number of aryl methyl sites for hydroxylation is 2. The standard InChI is InChI=1S/C20H20N4O2S/c1-12-13(2)24-17-11-14(7-8-16(17)23-12)19(25)21-9-10-22-20(26)15-5-3-4-6-18(15)27/h3-8,11,27H,9-10H2,1-2H3,(H,21,25)(H,22,26). The lowest BCUT2D eigenvalue weighted by Gasteiger charge is -2.09. The number of aromatic nitrogens is 2. The third-order valence-corrected chi connectivity index (χ3v) is 4.57. The molecule has 0 aliphatic heterocycles. The number of hydrogen-bond donors (Lipinski definition) is 3. The summed E-state index contributed by atoms with van der Waals surface area (Å²) in [5.74, 6) is -0.442. The molecule has 0 fully saturated rings. The number of fused-ring (bicyclic) bond motifs is 1. The summed E-state index contributed by atoms with van der Waals surface area (Å²) >= 11 is 4.26. The van der Waals surface area contributed by atoms with Gasteiger partial charge in [0.05, 0.1) is 28.0 Å². The second-order valence-electron chi connectivity index (χ2n) is 6.13. The summed E-state index contributed by atoms with van der Waals surface area (Å²) in [4.78, 5) is 34.0. The molecule has 0 unspecified atom stereocenters. The van der Waals surface area contributed by atoms with Gasteiger partial charge in [0.25, 0.3) is 11.8 Å². The van der Waals surface area contributed by atoms with Crippen molar-refractivity contribution in [3.63, 3.8) is 0 Å². The van der Waals surface area contributed by atoms with Gasteiger partial charge in [0.1, 0.15) is 0 Å². The van der Waals surface area contributed by atoms with E-state index >= 15 is 0 Å². The SMILES string of the molecule is Cc1nc2ccc(C(=O)NCCNC(=O)c3ccccc3S)cc2nc1C. The highest BCUT2D eigenvalue weighted by atomic mass is 32.1. The lowest BCUT2D eigenvalue weighted by Crippen LogP contribution is -2.34. The molecule has 7 heteroatoms. The summed E-state index contributed by atoms with van der Waals surface area (Å²) in [6, 6.07) is 12.3. The van der Waals surface area contributed by atoms with Crippen molar-refractivity contribution in [1.82, 2.24) is 20.6 Å². The van der Waals surface area contributed by atoms with Crippen LogP contribution in [0.25, 0.3) is 11.0 Å². The van der Waals surface area contributed by atoms with Crippen molar-refractivity contribution in [3.05, 3.63) is 65.0 Å². The molecule has 0 saturated heterocycles. The Morgan fingerprint density at radius 2 is 1.52 bits per heavy atom. The topological polar surface area (TPSA) is 84.0 Å². The lowest BCUT2D eigenvalue weighted by molar-refractivity contribution is 0.0926. The summed E-state index contributed by atoms with van der Waals surface area (Å²) in [5.41, 5.74) is 4.17. The van der Waals surface area contributed by atoms with Crippen LogP contribution < -0.4 is 10.6 Å². The molecular weight excluding hydrogens is 360 g/mol. The van der Waals surface area contributed by atoms with E-state index in [1.54, 1.807) is 36.4 Å². The van der Waals surface area contributed by atoms with Gasteiger partial charge in [0.15, 0.2) is 0 Å². The predicted molar refractivity (Wildman–Crippen MR) is 107 cm³/mol. The van der Waals surface area contributed by atoms with Crippen LogP contribution in [-0.4, -0.2) is 34.9 Å². The lowest BCUT2D eigenvalue weighted by atomic mass is 10.1. The Balaban J connectivity index is 1.56. The van der Waals surface area contributed by atoms with Crippen LogP contribution in [0.1, 0.15) is 32.1 Å². The Labute approximate surface area is 162 Å². The first-order valence-electron chi connectivity index (χ1n) is 8.55. The number of nitrogens with one attached hydrogen (secondary N) is 2. The maximum Gasteiger partial charge on any atom is 0.252 e. The Morgan fingerprint density at radius 1 is 0.889 bits per heavy atom. The minimum atomic E-state index is -0.222. The van der Waals surface area contributed by atoms with Crippen LogP contribution in [0.4, 0.5) is 0 Å². The van der Waals surface area contributed by atoms with Gasteiger partial charge < -0.3 is 10.6 Å². The largest absolute Gasteiger partial charge is 0.350 e. The van der Waals surface area contributed by atoms with Gasteiger partial charge in [-0.05, 0) is 44.2 Å². The van der Waals surface area contributed by atoms with Crippen LogP contribution in [0.3, 0.4) is 0 Å². The van der Waals surface area contributed by atoms with E-state index < -0.39 is 0 Å². The van der Waals surface area contributed by atoms with E-state index in [2.05, 4.69) is 33.2 Å². The van der Waals surface area contributed by atoms with E-state index in [4.69, 9.17) is 0 Å². The third kappa shape index (κ3) is 4.43. The maximum absolute atomic E-state index is 12.3. The highest BCUT2D eigenvalue weighted by Gasteiger charge is 2.10. The molecule has 2 amide bonds. The maximum atomic E-state index is 12.3. The highest BCUT2D eigenvalue weighted by molar-refractivity contribution is 7.80. The first-order valence-corrected chi connectivity index (χ1v) is 9.00. The molecule has 138 valence electrons. The van der Waals surface area contributed by atoms with Crippen LogP contribution in [-0.2, 0) is 0 Å². The fourth-order valence-electron chi connectivity index (χ4n) is 2.59. The van der Waals surface area contributed by atoms with E-state index in [1.807, 2.05) is 19.9 Å². The molecular formula is C20H20N4O2S. The zero-order chi connectivity index (χ0) is 19.4. The monoisotopic (exact) mass is 380 g/mol. The molecule has 0 aliphatic rings. The van der Waals surface area contributed by atoms with Gasteiger partial charge in [-0.25, -0.2) is 9.97 Å². The molecule has 1 aromatic heterocycles. The van der Waals surface area contributed by atoms with Crippen molar-refractivity contribution >= 4 is 35.5 Å². The molecule has 0 saturated carbocycles. The van der Waals surface area contributed by atoms with E-state index in [0.29, 0.717) is 34.6 Å². The van der Waals surface area contributed by atoms with Gasteiger partial charge in [-0.3, -0.25) is 9.59 Å². The number of thiol groups is 1. The van der Waals surface area contributed by atoms with E-state index in [-0.39, 0.29) is 11.8 Å². The minimum absolute atomic E-state index is 0.221. The Morgan fingerprint density at radius 3 is 2.22 bits per heavy atom. The molecule has 0 bridgehead atoms. The summed E-state index contributed by atoms with van der Waals surface area (Å²) < 4.78 is 0. The molecule has 1 heterocycles. The zero-order valence-corrected chi connectivity index (χ0v) is 16.0. The highest BCUT2D eigenvalue weighted by Crippen LogP contribution is 2.14. The second-order valence-corrected chi connectivity index (χ2v) is 6.61. The van der Waals surface area contributed by atoms with E-state index in [0.717, 1.165) is 16.9 Å². The second kappa shape index (κ2) is 8.18. The molecule has 2 aromatic carbocycles. The predicted octanol–water partition coefficient (Wildman–Crippen LogP) is 2.70. The molecule has 0 radical (unpaired) electrons. The molecule has 3 rings (SSSR count). The van der Waals surface area contributed by atoms with Crippen molar-refractivity contribution in [1.29, 1.82) is 0 Å². The number of nitrogens with zero attached hydrogens (tertiary/aromatic N) is 2. The summed E-state index contributed by atoms with van der Waals surface area (Å²) in [7, 11) is 0. The molecule has 0 spiro atoms. The van der Waals surface area contributed by atoms with Crippen molar-refractivity contribution in [2.75, 3.05) is 13.1 Å². The smallest absolute Gasteiger partial charge is 0.252 e. The van der Waals surface area contributed by atoms with Crippen molar-refractivity contribution in [3.8, 4) is 0 Å². The number of rotatable bonds is 5. The van der Waals surface area contributed by atoms with Crippen LogP contribution in [0.5, 0.6) is 0 Å². The van der Waals surface area contributed by atoms with Crippen LogP contribution >= 0.6 is 12.6 Å². The first kappa shape index (κ1) is 18.8. The Hall–Kier alpha value is -2.93. The Bertz CT molecular complexity index is 1020. The van der Waals surface area contributed by atoms with Gasteiger partial charge in [-0.1, -0.05) is 12.1 Å². The third-order valence-electron chi connectivity index (χ3n) is 4.18. The minimum Gasteiger partial charge on any atom is -0.350 e. The average molecular weight is 380 g/mol. The molecule has 0 atom stereocenters. The van der Waals surface area contributed by atoms with Crippen LogP contribution in [0.15, 0.2) is 47.4 Å². The van der Waals surface area contributed by atoms with E-state index in [1.165, 1.54) is 0 Å². The Kier molecular flexibility index (Phi) is 5.71. The number of amides is 2. The first-order chi connectivity index (χ1) is 13.0. The van der Waals surface area contributed by atoms with Crippen molar-refractivity contribution in [2.24, 2.45) is 0 Å². The number of carbonyl (C=O) groups excluding carboxylic acids is 2. The summed E-state index contributed by atoms with van der Waals surface area (Å²) in [5, 5.41) is 5.56. The fourth-order valence-corrected chi connectivity index (χ4v) is 2.85. The van der Waals surface area contributed by atoms with Crippen molar-refractivity contribution < 1.29 is 9.59 Å². The van der Waals surface area contributed by atoms with Gasteiger partial charge in [0, 0.05) is 23.5 Å². The van der Waals surface area contributed by atoms with Crippen LogP contribution in [0.2, 0.25) is 0 Å². The number of hydrogen-bond acceptors (Lipinski definition) is 5. The summed E-state index contributed by atoms with van der Waals surface area (Å²) in [6.07, 6.45) is 0.